The van der Waals surface area contributed by atoms with Crippen LogP contribution in [0.5, 0.6) is 34.5 Å². The zero-order chi connectivity index (χ0) is 94.7. The number of thiophene rings is 4. The number of methoxy groups -OCH3 is 4. The molecule has 6 atom stereocenters. The average Bonchev–Trinajstić information content (AvgIpc) is 1.60. The van der Waals surface area contributed by atoms with Gasteiger partial charge in [-0.1, -0.05) is 126 Å². The molecule has 6 aliphatic heterocycles. The lowest BCUT2D eigenvalue weighted by molar-refractivity contribution is 0.0397. The Kier molecular flexibility index (Phi) is 36.6. The van der Waals surface area contributed by atoms with E-state index in [2.05, 4.69) is 50.8 Å². The minimum absolute atomic E-state index is 0.00476. The smallest absolute Gasteiger partial charge is 0.416 e. The van der Waals surface area contributed by atoms with Crippen LogP contribution in [0, 0.1) is 13.8 Å². The molecule has 0 fully saturated rings. The van der Waals surface area contributed by atoms with Gasteiger partial charge in [-0.15, -0.1) is 45.3 Å². The number of aliphatic hydroxyl groups excluding tert-OH is 4. The molecule has 4 aromatic carbocycles. The number of rotatable bonds is 30. The van der Waals surface area contributed by atoms with Crippen LogP contribution in [0.1, 0.15) is 137 Å². The van der Waals surface area contributed by atoms with Crippen LogP contribution in [-0.4, -0.2) is 232 Å². The first kappa shape index (κ1) is 99.8. The van der Waals surface area contributed by atoms with Crippen molar-refractivity contribution >= 4 is 138 Å². The highest BCUT2D eigenvalue weighted by molar-refractivity contribution is 7.12. The molecule has 14 rings (SSSR count). The number of aliphatic hydroxyl groups is 4. The second-order valence-corrected chi connectivity index (χ2v) is 34.5. The molecule has 6 N–H and O–H groups in total. The average molecular weight is 1880 g/mol. The quantitative estimate of drug-likeness (QED) is 0.0138. The minimum Gasteiger partial charge on any atom is -0.496 e. The maximum absolute atomic E-state index is 13.7. The number of hydrogen-bond acceptors (Lipinski definition) is 26. The lowest BCUT2D eigenvalue weighted by Gasteiger charge is -2.38. The topological polar surface area (TPSA) is 353 Å². The highest BCUT2D eigenvalue weighted by Crippen LogP contribution is 2.45. The van der Waals surface area contributed by atoms with Crippen molar-refractivity contribution in [2.75, 3.05) is 128 Å². The van der Waals surface area contributed by atoms with E-state index in [0.717, 1.165) is 83.5 Å². The summed E-state index contributed by atoms with van der Waals surface area (Å²) in [6.45, 7) is 24.0. The van der Waals surface area contributed by atoms with Crippen molar-refractivity contribution in [1.29, 1.82) is 0 Å². The van der Waals surface area contributed by atoms with Crippen molar-refractivity contribution in [1.82, 2.24) is 19.6 Å². The number of unbranched alkanes of at least 4 members (excludes halogenated alkanes) is 2. The zero-order valence-corrected chi connectivity index (χ0v) is 78.3. The fourth-order valence-corrected chi connectivity index (χ4v) is 18.7. The van der Waals surface area contributed by atoms with Crippen molar-refractivity contribution in [3.8, 4) is 34.5 Å². The van der Waals surface area contributed by atoms with Crippen molar-refractivity contribution in [2.45, 2.75) is 116 Å². The highest BCUT2D eigenvalue weighted by Gasteiger charge is 2.47. The van der Waals surface area contributed by atoms with Gasteiger partial charge < -0.3 is 87.4 Å². The Morgan fingerprint density at radius 2 is 0.909 bits per heavy atom. The van der Waals surface area contributed by atoms with E-state index in [1.54, 1.807) is 113 Å². The second kappa shape index (κ2) is 48.4. The number of nitrogens with zero attached hydrogens (tertiary/aromatic N) is 6. The molecule has 10 heterocycles. The Balaban J connectivity index is 0.000000170. The zero-order valence-electron chi connectivity index (χ0n) is 75.1. The van der Waals surface area contributed by atoms with Crippen LogP contribution in [0.3, 0.4) is 0 Å². The summed E-state index contributed by atoms with van der Waals surface area (Å²) in [5.74, 6) is 1.42. The largest absolute Gasteiger partial charge is 0.496 e. The standard InChI is InChI=1S/2C26H32N2O6S.2C23H24N2O5S/c2*1-4-6-12-33-23-16-21(27-26(31)34-11-5-2)20(15-22(23)32-3)25(30)28-10-9-18(14-19(28)17-29)24-8-7-13-35-24;2*1-4-9-30-23(28)25-17-11-14(2)19(29-3)13-16(17)21(26)24-8-7-15(12-18(24)22(25)27)20-6-5-10-31-20/h5,7-8,13-16,19,29H,2,4,6,9-12,17H2,1,3H3,(H,27,31);5,7-9,13,15-16,19,29H,2,4,6,10-12,14,17H2,1,3H3,(H,27,31);4-6,10-13,18,22,27H,1,7-9H2,2-3H3;4-7,10-11,13,18,22,27H,1,8-9,12H2,2-3H3/t2*19-;2*18-,22?/m0000/s1. The Morgan fingerprint density at radius 3 is 1.35 bits per heavy atom. The maximum Gasteiger partial charge on any atom is 0.416 e. The Hall–Kier alpha value is -12.8. The van der Waals surface area contributed by atoms with Crippen molar-refractivity contribution in [3.63, 3.8) is 0 Å². The number of ether oxygens (including phenoxy) is 10. The van der Waals surface area contributed by atoms with Gasteiger partial charge in [-0.3, -0.25) is 29.8 Å². The number of aryl methyl sites for hydroxylation is 2. The van der Waals surface area contributed by atoms with Gasteiger partial charge in [-0.25, -0.2) is 29.0 Å². The van der Waals surface area contributed by atoms with Gasteiger partial charge in [0.1, 0.15) is 37.9 Å². The maximum atomic E-state index is 13.7. The summed E-state index contributed by atoms with van der Waals surface area (Å²) >= 11 is 6.46. The molecule has 132 heavy (non-hydrogen) atoms. The molecule has 4 aromatic heterocycles. The molecule has 0 aliphatic carbocycles. The third kappa shape index (κ3) is 23.9. The summed E-state index contributed by atoms with van der Waals surface area (Å²) < 4.78 is 54.1. The molecular formula is C98H112N8O22S4. The molecule has 0 spiro atoms. The first-order valence-corrected chi connectivity index (χ1v) is 46.5. The van der Waals surface area contributed by atoms with E-state index in [1.165, 1.54) is 57.6 Å². The first-order valence-electron chi connectivity index (χ1n) is 43.0. The summed E-state index contributed by atoms with van der Waals surface area (Å²) in [4.78, 5) is 118. The number of carbonyl (C=O) groups is 8. The number of amides is 8. The Labute approximate surface area is 783 Å². The monoisotopic (exact) mass is 1880 g/mol. The van der Waals surface area contributed by atoms with Crippen molar-refractivity contribution in [3.05, 3.63) is 246 Å². The molecule has 0 bridgehead atoms. The predicted molar refractivity (Wildman–Crippen MR) is 514 cm³/mol. The number of nitrogens with one attached hydrogen (secondary N) is 2. The number of benzene rings is 4. The molecule has 8 amide bonds. The summed E-state index contributed by atoms with van der Waals surface area (Å²) in [5.41, 5.74) is 7.84. The summed E-state index contributed by atoms with van der Waals surface area (Å²) in [7, 11) is 6.05. The van der Waals surface area contributed by atoms with Gasteiger partial charge in [0.25, 0.3) is 23.6 Å². The van der Waals surface area contributed by atoms with Gasteiger partial charge in [-0.05, 0) is 168 Å². The third-order valence-corrected chi connectivity index (χ3v) is 26.1. The van der Waals surface area contributed by atoms with Crippen LogP contribution < -0.4 is 48.9 Å². The number of hydrogen-bond donors (Lipinski definition) is 6. The fraction of sp³-hybridized carbons (Fsp3) is 0.347. The molecule has 6 aliphatic rings. The van der Waals surface area contributed by atoms with Crippen LogP contribution in [0.15, 0.2) is 194 Å². The summed E-state index contributed by atoms with van der Waals surface area (Å²) in [5, 5.41) is 56.1. The summed E-state index contributed by atoms with van der Waals surface area (Å²) in [6, 6.07) is 26.6. The van der Waals surface area contributed by atoms with Gasteiger partial charge in [-0.2, -0.15) is 0 Å². The van der Waals surface area contributed by atoms with Crippen LogP contribution in [0.25, 0.3) is 22.3 Å². The number of anilines is 4. The minimum atomic E-state index is -1.31. The predicted octanol–water partition coefficient (Wildman–Crippen LogP) is 17.6. The molecule has 8 aromatic rings. The fourth-order valence-electron chi connectivity index (χ4n) is 15.6. The molecule has 30 nitrogen and oxygen atoms in total. The SMILES string of the molecule is C=CCOC(=O)N1c2cc(C)c(OC)cc2C(=O)N2CC=C(c3cccs3)C[C@H]2C1O.C=CCOC(=O)N1c2cc(C)c(OC)cc2C(=O)N2CCC(c3cccs3)=C[C@H]2C1O.C=CCOC(=O)Nc1cc(OCCCC)c(OC)cc1C(=O)N1CC=C(c2cccs2)C[C@H]1CO.C=CCOC(=O)Nc1cc(OCCCC)c(OC)cc1C(=O)N1CCC(c2cccs2)=C[C@H]1CO. The normalized spacial score (nSPS) is 17.6. The van der Waals surface area contributed by atoms with Gasteiger partial charge >= 0.3 is 24.4 Å². The lowest BCUT2D eigenvalue weighted by Crippen LogP contribution is -2.54. The van der Waals surface area contributed by atoms with Gasteiger partial charge in [0, 0.05) is 57.8 Å². The molecule has 0 saturated heterocycles. The van der Waals surface area contributed by atoms with Gasteiger partial charge in [0.15, 0.2) is 35.5 Å². The van der Waals surface area contributed by atoms with E-state index in [0.29, 0.717) is 111 Å². The lowest BCUT2D eigenvalue weighted by atomic mass is 9.97. The number of fused-ring (bicyclic) bond motifs is 4. The first-order chi connectivity index (χ1) is 63.9. The Bertz CT molecular complexity index is 5410. The van der Waals surface area contributed by atoms with E-state index in [9.17, 15) is 58.8 Å². The highest BCUT2D eigenvalue weighted by atomic mass is 32.1. The molecule has 700 valence electrons. The Morgan fingerprint density at radius 1 is 0.485 bits per heavy atom. The van der Waals surface area contributed by atoms with Crippen LogP contribution >= 0.6 is 45.3 Å². The number of carbonyl (C=O) groups excluding carboxylic acids is 8. The van der Waals surface area contributed by atoms with Gasteiger partial charge in [0.05, 0.1) is 124 Å². The van der Waals surface area contributed by atoms with Crippen LogP contribution in [0.4, 0.5) is 41.9 Å². The second-order valence-electron chi connectivity index (χ2n) is 30.7. The van der Waals surface area contributed by atoms with E-state index in [4.69, 9.17) is 47.4 Å². The van der Waals surface area contributed by atoms with Gasteiger partial charge in [0.2, 0.25) is 0 Å². The summed E-state index contributed by atoms with van der Waals surface area (Å²) in [6.07, 6.45) is 14.0. The van der Waals surface area contributed by atoms with E-state index >= 15 is 0 Å². The van der Waals surface area contributed by atoms with Crippen molar-refractivity contribution in [2.24, 2.45) is 0 Å². The molecular weight excluding hydrogens is 1770 g/mol. The van der Waals surface area contributed by atoms with Crippen molar-refractivity contribution < 1.29 is 106 Å². The van der Waals surface area contributed by atoms with E-state index < -0.39 is 61.0 Å². The van der Waals surface area contributed by atoms with E-state index in [-0.39, 0.29) is 96.9 Å². The van der Waals surface area contributed by atoms with Crippen LogP contribution in [0.2, 0.25) is 0 Å². The molecule has 34 heteroatoms. The molecule has 2 unspecified atom stereocenters. The van der Waals surface area contributed by atoms with Crippen LogP contribution in [-0.2, 0) is 18.9 Å². The molecule has 0 saturated carbocycles. The third-order valence-electron chi connectivity index (χ3n) is 22.3. The molecule has 0 radical (unpaired) electrons. The van der Waals surface area contributed by atoms with E-state index in [1.807, 2.05) is 108 Å².